The molecular formula is C13H20N4O3. The molecule has 7 heteroatoms. The van der Waals surface area contributed by atoms with Gasteiger partial charge in [-0.2, -0.15) is 5.10 Å². The van der Waals surface area contributed by atoms with Gasteiger partial charge in [-0.3, -0.25) is 9.48 Å². The quantitative estimate of drug-likeness (QED) is 0.803. The molecule has 1 aromatic heterocycles. The summed E-state index contributed by atoms with van der Waals surface area (Å²) < 4.78 is 1.48. The summed E-state index contributed by atoms with van der Waals surface area (Å²) >= 11 is 0. The van der Waals surface area contributed by atoms with Gasteiger partial charge in [-0.15, -0.1) is 0 Å². The summed E-state index contributed by atoms with van der Waals surface area (Å²) in [5, 5.41) is 15.6. The fourth-order valence-electron chi connectivity index (χ4n) is 2.27. The Hall–Kier alpha value is -1.89. The molecule has 110 valence electrons. The molecule has 0 saturated carbocycles. The van der Waals surface area contributed by atoms with Gasteiger partial charge in [-0.1, -0.05) is 0 Å². The molecule has 1 saturated heterocycles. The molecule has 1 aliphatic heterocycles. The van der Waals surface area contributed by atoms with Crippen LogP contribution in [0.2, 0.25) is 0 Å². The fourth-order valence-corrected chi connectivity index (χ4v) is 2.27. The smallest absolute Gasteiger partial charge is 0.356 e. The van der Waals surface area contributed by atoms with Crippen molar-refractivity contribution in [2.75, 3.05) is 20.1 Å². The molecule has 2 heterocycles. The number of aryl methyl sites for hydroxylation is 1. The monoisotopic (exact) mass is 280 g/mol. The lowest BCUT2D eigenvalue weighted by Gasteiger charge is -2.29. The van der Waals surface area contributed by atoms with Crippen molar-refractivity contribution < 1.29 is 14.7 Å². The number of nitrogens with one attached hydrogen (secondary N) is 1. The first-order chi connectivity index (χ1) is 9.54. The molecule has 0 atom stereocenters. The van der Waals surface area contributed by atoms with Crippen molar-refractivity contribution in [2.24, 2.45) is 0 Å². The van der Waals surface area contributed by atoms with Gasteiger partial charge in [0, 0.05) is 25.2 Å². The normalized spacial score (nSPS) is 17.1. The van der Waals surface area contributed by atoms with Crippen molar-refractivity contribution in [3.8, 4) is 0 Å². The van der Waals surface area contributed by atoms with Crippen LogP contribution in [0.5, 0.6) is 0 Å². The zero-order chi connectivity index (χ0) is 14.5. The highest BCUT2D eigenvalue weighted by Gasteiger charge is 2.18. The van der Waals surface area contributed by atoms with Crippen LogP contribution in [-0.4, -0.2) is 57.8 Å². The molecule has 2 rings (SSSR count). The summed E-state index contributed by atoms with van der Waals surface area (Å²) in [7, 11) is 2.08. The number of hydrogen-bond acceptors (Lipinski definition) is 4. The Morgan fingerprint density at radius 2 is 2.15 bits per heavy atom. The summed E-state index contributed by atoms with van der Waals surface area (Å²) in [5.74, 6) is -1.06. The van der Waals surface area contributed by atoms with Gasteiger partial charge in [-0.05, 0) is 39.0 Å². The van der Waals surface area contributed by atoms with E-state index in [2.05, 4.69) is 22.4 Å². The van der Waals surface area contributed by atoms with Crippen LogP contribution in [0.1, 0.15) is 29.8 Å². The van der Waals surface area contributed by atoms with E-state index in [1.165, 1.54) is 10.7 Å². The van der Waals surface area contributed by atoms with E-state index in [-0.39, 0.29) is 17.6 Å². The fraction of sp³-hybridized carbons (Fsp3) is 0.615. The minimum absolute atomic E-state index is 0.000672. The van der Waals surface area contributed by atoms with Crippen LogP contribution >= 0.6 is 0 Å². The Morgan fingerprint density at radius 1 is 1.45 bits per heavy atom. The Balaban J connectivity index is 1.73. The van der Waals surface area contributed by atoms with E-state index in [9.17, 15) is 9.59 Å². The van der Waals surface area contributed by atoms with Crippen LogP contribution in [0.25, 0.3) is 0 Å². The van der Waals surface area contributed by atoms with E-state index in [4.69, 9.17) is 5.11 Å². The first kappa shape index (κ1) is 14.5. The number of piperidine rings is 1. The average molecular weight is 280 g/mol. The standard InChI is InChI=1S/C13H20N4O3/c1-16-6-2-10(3-7-16)14-12(18)5-9-17-8-4-11(15-17)13(19)20/h4,8,10H,2-3,5-7,9H2,1H3,(H,14,18)(H,19,20). The number of carbonyl (C=O) groups excluding carboxylic acids is 1. The first-order valence-corrected chi connectivity index (χ1v) is 6.79. The summed E-state index contributed by atoms with van der Waals surface area (Å²) in [6.07, 6.45) is 3.85. The number of amides is 1. The van der Waals surface area contributed by atoms with E-state index < -0.39 is 5.97 Å². The Kier molecular flexibility index (Phi) is 4.73. The predicted octanol–water partition coefficient (Wildman–Crippen LogP) is 0.182. The van der Waals surface area contributed by atoms with Crippen molar-refractivity contribution in [1.82, 2.24) is 20.0 Å². The Labute approximate surface area is 117 Å². The SMILES string of the molecule is CN1CCC(NC(=O)CCn2ccc(C(=O)O)n2)CC1. The zero-order valence-corrected chi connectivity index (χ0v) is 11.6. The van der Waals surface area contributed by atoms with Crippen molar-refractivity contribution in [3.63, 3.8) is 0 Å². The van der Waals surface area contributed by atoms with E-state index in [0.29, 0.717) is 13.0 Å². The highest BCUT2D eigenvalue weighted by Crippen LogP contribution is 2.08. The van der Waals surface area contributed by atoms with Crippen molar-refractivity contribution in [2.45, 2.75) is 31.8 Å². The zero-order valence-electron chi connectivity index (χ0n) is 11.6. The molecular weight excluding hydrogens is 260 g/mol. The van der Waals surface area contributed by atoms with Crippen LogP contribution in [-0.2, 0) is 11.3 Å². The summed E-state index contributed by atoms with van der Waals surface area (Å²) in [6.45, 7) is 2.41. The number of likely N-dealkylation sites (tertiary alicyclic amines) is 1. The lowest BCUT2D eigenvalue weighted by atomic mass is 10.1. The van der Waals surface area contributed by atoms with Crippen LogP contribution in [0, 0.1) is 0 Å². The van der Waals surface area contributed by atoms with Gasteiger partial charge >= 0.3 is 5.97 Å². The van der Waals surface area contributed by atoms with Gasteiger partial charge in [0.25, 0.3) is 0 Å². The predicted molar refractivity (Wildman–Crippen MR) is 72.5 cm³/mol. The first-order valence-electron chi connectivity index (χ1n) is 6.79. The lowest BCUT2D eigenvalue weighted by molar-refractivity contribution is -0.122. The van der Waals surface area contributed by atoms with Gasteiger partial charge in [0.05, 0.1) is 0 Å². The number of nitrogens with zero attached hydrogens (tertiary/aromatic N) is 3. The third kappa shape index (κ3) is 4.06. The van der Waals surface area contributed by atoms with E-state index in [1.54, 1.807) is 6.20 Å². The van der Waals surface area contributed by atoms with Crippen LogP contribution in [0.4, 0.5) is 0 Å². The molecule has 1 aliphatic rings. The molecule has 1 aromatic rings. The Bertz CT molecular complexity index is 478. The molecule has 7 nitrogen and oxygen atoms in total. The molecule has 0 aromatic carbocycles. The number of carbonyl (C=O) groups is 2. The second-order valence-electron chi connectivity index (χ2n) is 5.16. The average Bonchev–Trinajstić information content (AvgIpc) is 2.88. The minimum atomic E-state index is -1.06. The van der Waals surface area contributed by atoms with E-state index >= 15 is 0 Å². The van der Waals surface area contributed by atoms with Gasteiger partial charge in [0.1, 0.15) is 0 Å². The summed E-state index contributed by atoms with van der Waals surface area (Å²) in [5.41, 5.74) is 0.000672. The van der Waals surface area contributed by atoms with E-state index in [1.807, 2.05) is 0 Å². The maximum absolute atomic E-state index is 11.8. The summed E-state index contributed by atoms with van der Waals surface area (Å²) in [6, 6.07) is 1.68. The third-order valence-electron chi connectivity index (χ3n) is 3.51. The number of hydrogen-bond donors (Lipinski definition) is 2. The minimum Gasteiger partial charge on any atom is -0.476 e. The van der Waals surface area contributed by atoms with Crippen LogP contribution in [0.3, 0.4) is 0 Å². The molecule has 2 N–H and O–H groups in total. The number of aromatic carboxylic acids is 1. The maximum atomic E-state index is 11.8. The van der Waals surface area contributed by atoms with Gasteiger partial charge < -0.3 is 15.3 Å². The van der Waals surface area contributed by atoms with Gasteiger partial charge in [0.2, 0.25) is 5.91 Å². The lowest BCUT2D eigenvalue weighted by Crippen LogP contribution is -2.43. The highest BCUT2D eigenvalue weighted by atomic mass is 16.4. The molecule has 0 unspecified atom stereocenters. The molecule has 0 spiro atoms. The molecule has 1 amide bonds. The number of carboxylic acids is 1. The van der Waals surface area contributed by atoms with E-state index in [0.717, 1.165) is 25.9 Å². The third-order valence-corrected chi connectivity index (χ3v) is 3.51. The van der Waals surface area contributed by atoms with Crippen molar-refractivity contribution in [3.05, 3.63) is 18.0 Å². The van der Waals surface area contributed by atoms with Gasteiger partial charge in [-0.25, -0.2) is 4.79 Å². The molecule has 0 bridgehead atoms. The van der Waals surface area contributed by atoms with Crippen LogP contribution in [0.15, 0.2) is 12.3 Å². The molecule has 20 heavy (non-hydrogen) atoms. The number of aromatic nitrogens is 2. The summed E-state index contributed by atoms with van der Waals surface area (Å²) in [4.78, 5) is 24.8. The van der Waals surface area contributed by atoms with Crippen molar-refractivity contribution >= 4 is 11.9 Å². The second kappa shape index (κ2) is 6.51. The topological polar surface area (TPSA) is 87.5 Å². The number of rotatable bonds is 5. The van der Waals surface area contributed by atoms with Gasteiger partial charge in [0.15, 0.2) is 5.69 Å². The molecule has 0 aliphatic carbocycles. The van der Waals surface area contributed by atoms with Crippen molar-refractivity contribution in [1.29, 1.82) is 0 Å². The largest absolute Gasteiger partial charge is 0.476 e. The Morgan fingerprint density at radius 3 is 2.75 bits per heavy atom. The maximum Gasteiger partial charge on any atom is 0.356 e. The van der Waals surface area contributed by atoms with Crippen LogP contribution < -0.4 is 5.32 Å². The number of carboxylic acid groups (broad SMARTS) is 1. The molecule has 1 fully saturated rings. The highest BCUT2D eigenvalue weighted by molar-refractivity contribution is 5.85. The second-order valence-corrected chi connectivity index (χ2v) is 5.16. The molecule has 0 radical (unpaired) electrons.